The molecule has 0 radical (unpaired) electrons. The van der Waals surface area contributed by atoms with Crippen molar-refractivity contribution in [3.63, 3.8) is 0 Å². The molecule has 0 heterocycles. The monoisotopic (exact) mass is 433 g/mol. The van der Waals surface area contributed by atoms with Crippen molar-refractivity contribution in [1.82, 2.24) is 5.32 Å². The van der Waals surface area contributed by atoms with E-state index in [2.05, 4.69) is 56.0 Å². The third kappa shape index (κ3) is 3.77. The SMILES string of the molecule is CNC(Cc1ccccc1F)c1cc(Br)ccc1I. The Kier molecular flexibility index (Phi) is 5.36. The van der Waals surface area contributed by atoms with E-state index in [4.69, 9.17) is 0 Å². The Morgan fingerprint density at radius 3 is 2.68 bits per heavy atom. The van der Waals surface area contributed by atoms with Crippen LogP contribution in [0.25, 0.3) is 0 Å². The molecule has 4 heteroatoms. The van der Waals surface area contributed by atoms with Crippen molar-refractivity contribution in [2.45, 2.75) is 12.5 Å². The molecular formula is C15H14BrFIN. The van der Waals surface area contributed by atoms with Crippen LogP contribution >= 0.6 is 38.5 Å². The highest BCUT2D eigenvalue weighted by molar-refractivity contribution is 14.1. The van der Waals surface area contributed by atoms with Gasteiger partial charge in [0.1, 0.15) is 5.82 Å². The first kappa shape index (κ1) is 14.9. The van der Waals surface area contributed by atoms with E-state index in [1.54, 1.807) is 6.07 Å². The van der Waals surface area contributed by atoms with Gasteiger partial charge in [0.2, 0.25) is 0 Å². The summed E-state index contributed by atoms with van der Waals surface area (Å²) in [7, 11) is 1.91. The van der Waals surface area contributed by atoms with Crippen LogP contribution in [0.3, 0.4) is 0 Å². The van der Waals surface area contributed by atoms with Crippen LogP contribution in [-0.2, 0) is 6.42 Å². The van der Waals surface area contributed by atoms with Crippen LogP contribution in [0.2, 0.25) is 0 Å². The highest BCUT2D eigenvalue weighted by Crippen LogP contribution is 2.27. The van der Waals surface area contributed by atoms with Gasteiger partial charge in [0.25, 0.3) is 0 Å². The van der Waals surface area contributed by atoms with E-state index in [1.807, 2.05) is 25.2 Å². The molecule has 0 aliphatic heterocycles. The van der Waals surface area contributed by atoms with Gasteiger partial charge < -0.3 is 5.32 Å². The highest BCUT2D eigenvalue weighted by atomic mass is 127. The average Bonchev–Trinajstić information content (AvgIpc) is 2.41. The smallest absolute Gasteiger partial charge is 0.126 e. The highest BCUT2D eigenvalue weighted by Gasteiger charge is 2.15. The summed E-state index contributed by atoms with van der Waals surface area (Å²) >= 11 is 5.80. The van der Waals surface area contributed by atoms with Gasteiger partial charge in [-0.1, -0.05) is 34.1 Å². The van der Waals surface area contributed by atoms with Gasteiger partial charge in [0, 0.05) is 14.1 Å². The third-order valence-electron chi connectivity index (χ3n) is 3.06. The molecule has 0 aliphatic rings. The fourth-order valence-corrected chi connectivity index (χ4v) is 3.12. The zero-order valence-corrected chi connectivity index (χ0v) is 14.2. The van der Waals surface area contributed by atoms with Gasteiger partial charge in [-0.3, -0.25) is 0 Å². The molecule has 1 unspecified atom stereocenters. The quantitative estimate of drug-likeness (QED) is 0.689. The fourth-order valence-electron chi connectivity index (χ4n) is 2.03. The minimum Gasteiger partial charge on any atom is -0.313 e. The second-order valence-corrected chi connectivity index (χ2v) is 6.38. The summed E-state index contributed by atoms with van der Waals surface area (Å²) in [4.78, 5) is 0. The first-order valence-corrected chi connectivity index (χ1v) is 7.84. The van der Waals surface area contributed by atoms with Crippen molar-refractivity contribution >= 4 is 38.5 Å². The average molecular weight is 434 g/mol. The molecule has 0 saturated carbocycles. The van der Waals surface area contributed by atoms with Crippen LogP contribution < -0.4 is 5.32 Å². The summed E-state index contributed by atoms with van der Waals surface area (Å²) in [5, 5.41) is 3.27. The summed E-state index contributed by atoms with van der Waals surface area (Å²) in [5.41, 5.74) is 1.92. The molecule has 1 nitrogen and oxygen atoms in total. The molecule has 0 bridgehead atoms. The number of halogens is 3. The zero-order chi connectivity index (χ0) is 13.8. The van der Waals surface area contributed by atoms with Gasteiger partial charge in [-0.2, -0.15) is 0 Å². The van der Waals surface area contributed by atoms with Crippen molar-refractivity contribution < 1.29 is 4.39 Å². The number of likely N-dealkylation sites (N-methyl/N-ethyl adjacent to an activating group) is 1. The Hall–Kier alpha value is -0.460. The first-order valence-electron chi connectivity index (χ1n) is 5.97. The molecule has 0 amide bonds. The first-order chi connectivity index (χ1) is 9.11. The Morgan fingerprint density at radius 2 is 2.00 bits per heavy atom. The van der Waals surface area contributed by atoms with Crippen molar-refractivity contribution in [2.24, 2.45) is 0 Å². The Morgan fingerprint density at radius 1 is 1.26 bits per heavy atom. The molecular weight excluding hydrogens is 420 g/mol. The topological polar surface area (TPSA) is 12.0 Å². The normalized spacial score (nSPS) is 12.4. The van der Waals surface area contributed by atoms with E-state index in [-0.39, 0.29) is 11.9 Å². The van der Waals surface area contributed by atoms with E-state index in [1.165, 1.54) is 15.2 Å². The summed E-state index contributed by atoms with van der Waals surface area (Å²) in [6.07, 6.45) is 0.635. The van der Waals surface area contributed by atoms with E-state index < -0.39 is 0 Å². The zero-order valence-electron chi connectivity index (χ0n) is 10.5. The maximum atomic E-state index is 13.7. The van der Waals surface area contributed by atoms with E-state index in [9.17, 15) is 4.39 Å². The molecule has 0 saturated heterocycles. The minimum atomic E-state index is -0.146. The van der Waals surface area contributed by atoms with Crippen LogP contribution in [-0.4, -0.2) is 7.05 Å². The predicted molar refractivity (Wildman–Crippen MR) is 88.8 cm³/mol. The minimum absolute atomic E-state index is 0.0984. The molecule has 19 heavy (non-hydrogen) atoms. The van der Waals surface area contributed by atoms with Gasteiger partial charge in [-0.15, -0.1) is 0 Å². The van der Waals surface area contributed by atoms with E-state index in [0.717, 1.165) is 10.0 Å². The molecule has 2 aromatic carbocycles. The summed E-state index contributed by atoms with van der Waals surface area (Å²) in [6, 6.07) is 13.2. The van der Waals surface area contributed by atoms with Crippen molar-refractivity contribution in [3.05, 3.63) is 67.5 Å². The van der Waals surface area contributed by atoms with Crippen molar-refractivity contribution in [2.75, 3.05) is 7.05 Å². The molecule has 1 atom stereocenters. The molecule has 0 aliphatic carbocycles. The number of benzene rings is 2. The Bertz CT molecular complexity index is 574. The van der Waals surface area contributed by atoms with Crippen LogP contribution in [0.4, 0.5) is 4.39 Å². The molecule has 1 N–H and O–H groups in total. The fraction of sp³-hybridized carbons (Fsp3) is 0.200. The number of hydrogen-bond acceptors (Lipinski definition) is 1. The van der Waals surface area contributed by atoms with Gasteiger partial charge >= 0.3 is 0 Å². The van der Waals surface area contributed by atoms with E-state index >= 15 is 0 Å². The lowest BCUT2D eigenvalue weighted by Gasteiger charge is -2.19. The summed E-state index contributed by atoms with van der Waals surface area (Å²) in [6.45, 7) is 0. The van der Waals surface area contributed by atoms with Crippen LogP contribution in [0.15, 0.2) is 46.9 Å². The lowest BCUT2D eigenvalue weighted by atomic mass is 9.99. The van der Waals surface area contributed by atoms with Crippen LogP contribution in [0, 0.1) is 9.39 Å². The summed E-state index contributed by atoms with van der Waals surface area (Å²) < 4.78 is 16.0. The third-order valence-corrected chi connectivity index (χ3v) is 4.54. The number of hydrogen-bond donors (Lipinski definition) is 1. The molecule has 0 fully saturated rings. The second-order valence-electron chi connectivity index (χ2n) is 4.30. The maximum absolute atomic E-state index is 13.7. The molecule has 2 rings (SSSR count). The van der Waals surface area contributed by atoms with Gasteiger partial charge in [-0.05, 0) is 71.5 Å². The molecule has 0 spiro atoms. The Balaban J connectivity index is 2.30. The van der Waals surface area contributed by atoms with Gasteiger partial charge in [-0.25, -0.2) is 4.39 Å². The molecule has 0 aromatic heterocycles. The number of nitrogens with one attached hydrogen (secondary N) is 1. The van der Waals surface area contributed by atoms with Gasteiger partial charge in [0.15, 0.2) is 0 Å². The molecule has 100 valence electrons. The van der Waals surface area contributed by atoms with Gasteiger partial charge in [0.05, 0.1) is 0 Å². The second kappa shape index (κ2) is 6.81. The van der Waals surface area contributed by atoms with Crippen LogP contribution in [0.1, 0.15) is 17.2 Å². The van der Waals surface area contributed by atoms with Crippen molar-refractivity contribution in [1.29, 1.82) is 0 Å². The predicted octanol–water partition coefficient (Wildman–Crippen LogP) is 4.70. The largest absolute Gasteiger partial charge is 0.313 e. The van der Waals surface area contributed by atoms with E-state index in [0.29, 0.717) is 6.42 Å². The Labute approximate surface area is 134 Å². The van der Waals surface area contributed by atoms with Crippen molar-refractivity contribution in [3.8, 4) is 0 Å². The molecule has 2 aromatic rings. The standard InChI is InChI=1S/C15H14BrFIN/c1-19-15(8-10-4-2-3-5-13(10)17)12-9-11(16)6-7-14(12)18/h2-7,9,15,19H,8H2,1H3. The lowest BCUT2D eigenvalue weighted by Crippen LogP contribution is -2.20. The summed E-state index contributed by atoms with van der Waals surface area (Å²) in [5.74, 6) is -0.146. The lowest BCUT2D eigenvalue weighted by molar-refractivity contribution is 0.553. The van der Waals surface area contributed by atoms with Crippen LogP contribution in [0.5, 0.6) is 0 Å². The number of rotatable bonds is 4. The maximum Gasteiger partial charge on any atom is 0.126 e.